The number of hydrogen-bond acceptors (Lipinski definition) is 4. The van der Waals surface area contributed by atoms with Gasteiger partial charge in [-0.05, 0) is 29.8 Å². The first-order chi connectivity index (χ1) is 12.5. The number of urea groups is 1. The van der Waals surface area contributed by atoms with Crippen molar-refractivity contribution in [3.63, 3.8) is 0 Å². The van der Waals surface area contributed by atoms with Crippen LogP contribution in [0.25, 0.3) is 11.5 Å². The molecule has 1 aromatic heterocycles. The van der Waals surface area contributed by atoms with Crippen molar-refractivity contribution in [1.82, 2.24) is 15.0 Å². The van der Waals surface area contributed by atoms with Crippen LogP contribution in [0.5, 0.6) is 0 Å². The van der Waals surface area contributed by atoms with Crippen LogP contribution in [0.4, 0.5) is 10.5 Å². The van der Waals surface area contributed by atoms with Crippen LogP contribution in [0, 0.1) is 0 Å². The molecule has 2 amide bonds. The smallest absolute Gasteiger partial charge is 0.321 e. The Labute approximate surface area is 152 Å². The molecule has 6 heteroatoms. The second-order valence-electron chi connectivity index (χ2n) is 6.46. The molecule has 0 atom stereocenters. The number of anilines is 1. The molecule has 0 aliphatic carbocycles. The fourth-order valence-electron chi connectivity index (χ4n) is 2.43. The maximum atomic E-state index is 12.3. The maximum absolute atomic E-state index is 12.3. The molecule has 0 spiro atoms. The van der Waals surface area contributed by atoms with E-state index in [4.69, 9.17) is 4.52 Å². The van der Waals surface area contributed by atoms with Crippen molar-refractivity contribution >= 4 is 11.7 Å². The van der Waals surface area contributed by atoms with Crippen molar-refractivity contribution in [2.75, 3.05) is 12.4 Å². The highest BCUT2D eigenvalue weighted by atomic mass is 16.5. The van der Waals surface area contributed by atoms with E-state index in [2.05, 4.69) is 15.5 Å². The summed E-state index contributed by atoms with van der Waals surface area (Å²) in [5.74, 6) is 1.37. The first-order valence-electron chi connectivity index (χ1n) is 8.53. The van der Waals surface area contributed by atoms with Gasteiger partial charge in [-0.2, -0.15) is 4.98 Å². The summed E-state index contributed by atoms with van der Waals surface area (Å²) in [6, 6.07) is 17.0. The third-order valence-electron chi connectivity index (χ3n) is 3.95. The molecule has 0 saturated carbocycles. The summed E-state index contributed by atoms with van der Waals surface area (Å²) >= 11 is 0. The zero-order chi connectivity index (χ0) is 18.5. The van der Waals surface area contributed by atoms with Crippen LogP contribution < -0.4 is 5.32 Å². The highest BCUT2D eigenvalue weighted by Gasteiger charge is 2.12. The van der Waals surface area contributed by atoms with E-state index in [0.29, 0.717) is 23.9 Å². The molecule has 3 rings (SSSR count). The topological polar surface area (TPSA) is 71.3 Å². The van der Waals surface area contributed by atoms with Crippen LogP contribution >= 0.6 is 0 Å². The molecule has 1 N–H and O–H groups in total. The lowest BCUT2D eigenvalue weighted by Crippen LogP contribution is -2.30. The zero-order valence-corrected chi connectivity index (χ0v) is 15.1. The number of nitrogens with zero attached hydrogens (tertiary/aromatic N) is 3. The second kappa shape index (κ2) is 7.82. The van der Waals surface area contributed by atoms with Gasteiger partial charge < -0.3 is 14.7 Å². The van der Waals surface area contributed by atoms with E-state index in [1.165, 1.54) is 0 Å². The number of hydrogen-bond donors (Lipinski definition) is 1. The number of carbonyl (C=O) groups is 1. The Bertz CT molecular complexity index is 857. The van der Waals surface area contributed by atoms with Crippen LogP contribution in [-0.4, -0.2) is 28.1 Å². The molecule has 134 valence electrons. The van der Waals surface area contributed by atoms with Crippen LogP contribution in [0.2, 0.25) is 0 Å². The Morgan fingerprint density at radius 2 is 1.81 bits per heavy atom. The summed E-state index contributed by atoms with van der Waals surface area (Å²) in [6.07, 6.45) is 0. The molecule has 0 aliphatic rings. The van der Waals surface area contributed by atoms with Gasteiger partial charge in [-0.3, -0.25) is 0 Å². The van der Waals surface area contributed by atoms with Crippen molar-refractivity contribution in [3.8, 4) is 11.5 Å². The van der Waals surface area contributed by atoms with Crippen molar-refractivity contribution < 1.29 is 9.32 Å². The van der Waals surface area contributed by atoms with Gasteiger partial charge in [0.05, 0.1) is 0 Å². The van der Waals surface area contributed by atoms with Crippen molar-refractivity contribution in [2.45, 2.75) is 26.3 Å². The third kappa shape index (κ3) is 4.27. The van der Waals surface area contributed by atoms with Crippen LogP contribution in [0.15, 0.2) is 59.1 Å². The van der Waals surface area contributed by atoms with E-state index < -0.39 is 0 Å². The predicted octanol–water partition coefficient (Wildman–Crippen LogP) is 4.52. The largest absolute Gasteiger partial charge is 0.334 e. The van der Waals surface area contributed by atoms with E-state index >= 15 is 0 Å². The molecule has 26 heavy (non-hydrogen) atoms. The summed E-state index contributed by atoms with van der Waals surface area (Å²) in [6.45, 7) is 4.57. The molecule has 0 radical (unpaired) electrons. The minimum absolute atomic E-state index is 0.165. The van der Waals surface area contributed by atoms with Gasteiger partial charge >= 0.3 is 6.03 Å². The molecular formula is C20H22N4O2. The van der Waals surface area contributed by atoms with Crippen LogP contribution in [0.3, 0.4) is 0 Å². The van der Waals surface area contributed by atoms with Gasteiger partial charge in [0.15, 0.2) is 5.82 Å². The fraction of sp³-hybridized carbons (Fsp3) is 0.250. The third-order valence-corrected chi connectivity index (χ3v) is 3.95. The molecule has 3 aromatic rings. The zero-order valence-electron chi connectivity index (χ0n) is 15.1. The molecule has 6 nitrogen and oxygen atoms in total. The standard InChI is InChI=1S/C20H22N4O2/c1-14(2)18-22-19(26-23-18)16-9-11-17(12-10-16)21-20(25)24(3)13-15-7-5-4-6-8-15/h4-12,14H,13H2,1-3H3,(H,21,25). The first kappa shape index (κ1) is 17.7. The number of amides is 2. The molecule has 1 heterocycles. The normalized spacial score (nSPS) is 10.8. The lowest BCUT2D eigenvalue weighted by molar-refractivity contribution is 0.220. The van der Waals surface area contributed by atoms with Gasteiger partial charge in [0.25, 0.3) is 5.89 Å². The SMILES string of the molecule is CC(C)c1noc(-c2ccc(NC(=O)N(C)Cc3ccccc3)cc2)n1. The van der Waals surface area contributed by atoms with Gasteiger partial charge in [0.1, 0.15) is 0 Å². The fourth-order valence-corrected chi connectivity index (χ4v) is 2.43. The highest BCUT2D eigenvalue weighted by Crippen LogP contribution is 2.22. The maximum Gasteiger partial charge on any atom is 0.321 e. The molecule has 0 aliphatic heterocycles. The van der Waals surface area contributed by atoms with Gasteiger partial charge in [0, 0.05) is 30.8 Å². The van der Waals surface area contributed by atoms with Gasteiger partial charge in [0.2, 0.25) is 0 Å². The summed E-state index contributed by atoms with van der Waals surface area (Å²) in [7, 11) is 1.77. The minimum Gasteiger partial charge on any atom is -0.334 e. The Hall–Kier alpha value is -3.15. The number of benzene rings is 2. The minimum atomic E-state index is -0.165. The average Bonchev–Trinajstić information content (AvgIpc) is 3.13. The molecule has 0 unspecified atom stereocenters. The predicted molar refractivity (Wildman–Crippen MR) is 101 cm³/mol. The number of rotatable bonds is 5. The van der Waals surface area contributed by atoms with Crippen molar-refractivity contribution in [2.24, 2.45) is 0 Å². The van der Waals surface area contributed by atoms with Gasteiger partial charge in [-0.25, -0.2) is 4.79 Å². The summed E-state index contributed by atoms with van der Waals surface area (Å²) in [5, 5.41) is 6.85. The van der Waals surface area contributed by atoms with E-state index in [0.717, 1.165) is 11.1 Å². The monoisotopic (exact) mass is 350 g/mol. The molecular weight excluding hydrogens is 328 g/mol. The number of aromatic nitrogens is 2. The average molecular weight is 350 g/mol. The molecule has 0 bridgehead atoms. The van der Waals surface area contributed by atoms with Crippen LogP contribution in [-0.2, 0) is 6.54 Å². The van der Waals surface area contributed by atoms with E-state index in [-0.39, 0.29) is 11.9 Å². The van der Waals surface area contributed by atoms with Crippen molar-refractivity contribution in [3.05, 3.63) is 66.0 Å². The lowest BCUT2D eigenvalue weighted by atomic mass is 10.2. The number of nitrogens with one attached hydrogen (secondary N) is 1. The Morgan fingerprint density at radius 1 is 1.12 bits per heavy atom. The quantitative estimate of drug-likeness (QED) is 0.734. The Morgan fingerprint density at radius 3 is 2.42 bits per heavy atom. The lowest BCUT2D eigenvalue weighted by Gasteiger charge is -2.18. The summed E-state index contributed by atoms with van der Waals surface area (Å²) in [4.78, 5) is 18.3. The van der Waals surface area contributed by atoms with E-state index in [9.17, 15) is 4.79 Å². The molecule has 0 fully saturated rings. The van der Waals surface area contributed by atoms with Gasteiger partial charge in [-0.15, -0.1) is 0 Å². The van der Waals surface area contributed by atoms with E-state index in [1.807, 2.05) is 68.4 Å². The molecule has 2 aromatic carbocycles. The highest BCUT2D eigenvalue weighted by molar-refractivity contribution is 5.89. The van der Waals surface area contributed by atoms with Crippen molar-refractivity contribution in [1.29, 1.82) is 0 Å². The van der Waals surface area contributed by atoms with Crippen LogP contribution in [0.1, 0.15) is 31.2 Å². The molecule has 0 saturated heterocycles. The number of carbonyl (C=O) groups excluding carboxylic acids is 1. The van der Waals surface area contributed by atoms with E-state index in [1.54, 1.807) is 11.9 Å². The Kier molecular flexibility index (Phi) is 5.31. The second-order valence-corrected chi connectivity index (χ2v) is 6.46. The first-order valence-corrected chi connectivity index (χ1v) is 8.53. The summed E-state index contributed by atoms with van der Waals surface area (Å²) < 4.78 is 5.28. The Balaban J connectivity index is 1.62. The summed E-state index contributed by atoms with van der Waals surface area (Å²) in [5.41, 5.74) is 2.61. The van der Waals surface area contributed by atoms with Gasteiger partial charge in [-0.1, -0.05) is 49.3 Å².